The predicted octanol–water partition coefficient (Wildman–Crippen LogP) is 7.44. The van der Waals surface area contributed by atoms with Crippen molar-refractivity contribution in [1.82, 2.24) is 18.7 Å². The van der Waals surface area contributed by atoms with E-state index in [2.05, 4.69) is 116 Å². The topological polar surface area (TPSA) is 89.2 Å². The van der Waals surface area contributed by atoms with Crippen molar-refractivity contribution in [2.75, 3.05) is 6.61 Å². The quantitative estimate of drug-likeness (QED) is 0.113. The van der Waals surface area contributed by atoms with Crippen LogP contribution in [0.4, 0.5) is 0 Å². The Hall–Kier alpha value is -3.82. The summed E-state index contributed by atoms with van der Waals surface area (Å²) in [5.74, 6) is 0.358. The fourth-order valence-corrected chi connectivity index (χ4v) is 6.64. The molecule has 0 bridgehead atoms. The second-order valence-corrected chi connectivity index (χ2v) is 17.8. The summed E-state index contributed by atoms with van der Waals surface area (Å²) in [6.45, 7) is 12.7. The summed E-state index contributed by atoms with van der Waals surface area (Å²) >= 11 is 0. The first-order chi connectivity index (χ1) is 20.4. The van der Waals surface area contributed by atoms with Crippen LogP contribution >= 0.6 is 0 Å². The van der Waals surface area contributed by atoms with Gasteiger partial charge >= 0.3 is 0 Å². The maximum Gasteiger partial charge on any atom is 0.268 e. The molecule has 1 amide bonds. The van der Waals surface area contributed by atoms with Crippen LogP contribution in [0.3, 0.4) is 0 Å². The van der Waals surface area contributed by atoms with Crippen molar-refractivity contribution < 1.29 is 14.0 Å². The van der Waals surface area contributed by atoms with Gasteiger partial charge in [0, 0.05) is 49.2 Å². The Balaban J connectivity index is 1.21. The van der Waals surface area contributed by atoms with Crippen LogP contribution in [-0.4, -0.2) is 39.5 Å². The van der Waals surface area contributed by atoms with E-state index in [1.807, 2.05) is 4.57 Å². The van der Waals surface area contributed by atoms with Gasteiger partial charge in [-0.3, -0.25) is 4.79 Å². The van der Waals surface area contributed by atoms with E-state index < -0.39 is 14.2 Å². The molecule has 2 N–H and O–H groups in total. The standard InChI is InChI=1S/C34H45N5O3Si/c1-34(2,3)43(5,6)42-32(39-23-29(33(35)40)36-24-39)14-9-18-38-19-17-25-15-16-27(21-31(25)38)41-20-10-11-26-22-37(4)30-13-8-7-12-28(26)30/h7-8,12-13,15-17,19,21-24,32H,9-11,14,18,20H2,1-6H3,(H2,35,40). The van der Waals surface area contributed by atoms with Crippen molar-refractivity contribution in [3.8, 4) is 5.75 Å². The minimum atomic E-state index is -2.08. The second kappa shape index (κ2) is 12.4. The van der Waals surface area contributed by atoms with Crippen molar-refractivity contribution in [2.45, 2.75) is 77.4 Å². The molecule has 8 nitrogen and oxygen atoms in total. The number of nitrogens with zero attached hydrogens (tertiary/aromatic N) is 4. The molecule has 0 aliphatic rings. The van der Waals surface area contributed by atoms with E-state index in [1.54, 1.807) is 12.5 Å². The van der Waals surface area contributed by atoms with Crippen LogP contribution in [0, 0.1) is 0 Å². The van der Waals surface area contributed by atoms with E-state index >= 15 is 0 Å². The molecule has 0 aliphatic heterocycles. The number of hydrogen-bond donors (Lipinski definition) is 1. The molecule has 0 radical (unpaired) electrons. The van der Waals surface area contributed by atoms with Gasteiger partial charge in [-0.15, -0.1) is 0 Å². The van der Waals surface area contributed by atoms with Gasteiger partial charge in [0.25, 0.3) is 5.91 Å². The fourth-order valence-electron chi connectivity index (χ4n) is 5.37. The number of nitrogens with two attached hydrogens (primary N) is 1. The number of fused-ring (bicyclic) bond motifs is 2. The molecule has 43 heavy (non-hydrogen) atoms. The van der Waals surface area contributed by atoms with Gasteiger partial charge in [0.2, 0.25) is 0 Å². The summed E-state index contributed by atoms with van der Waals surface area (Å²) in [5, 5.41) is 2.57. The number of carbonyl (C=O) groups is 1. The highest BCUT2D eigenvalue weighted by atomic mass is 28.4. The summed E-state index contributed by atoms with van der Waals surface area (Å²) in [5.41, 5.74) is 9.52. The molecule has 0 spiro atoms. The van der Waals surface area contributed by atoms with Crippen molar-refractivity contribution in [3.05, 3.63) is 84.7 Å². The maximum atomic E-state index is 11.7. The van der Waals surface area contributed by atoms with E-state index in [1.165, 1.54) is 21.9 Å². The monoisotopic (exact) mass is 599 g/mol. The highest BCUT2D eigenvalue weighted by Crippen LogP contribution is 2.39. The molecule has 9 heteroatoms. The highest BCUT2D eigenvalue weighted by Gasteiger charge is 2.39. The molecule has 5 rings (SSSR count). The number of imidazole rings is 1. The predicted molar refractivity (Wildman–Crippen MR) is 176 cm³/mol. The summed E-state index contributed by atoms with van der Waals surface area (Å²) < 4.78 is 19.4. The lowest BCUT2D eigenvalue weighted by atomic mass is 10.1. The highest BCUT2D eigenvalue weighted by molar-refractivity contribution is 6.74. The molecule has 228 valence electrons. The number of ether oxygens (including phenoxy) is 1. The van der Waals surface area contributed by atoms with Crippen LogP contribution in [0.15, 0.2) is 73.4 Å². The first-order valence-corrected chi connectivity index (χ1v) is 18.1. The van der Waals surface area contributed by atoms with Gasteiger partial charge in [-0.25, -0.2) is 4.98 Å². The molecule has 1 atom stereocenters. The Bertz CT molecular complexity index is 1710. The molecule has 1 unspecified atom stereocenters. The van der Waals surface area contributed by atoms with Gasteiger partial charge < -0.3 is 28.6 Å². The third kappa shape index (κ3) is 6.89. The van der Waals surface area contributed by atoms with Crippen LogP contribution in [-0.2, 0) is 24.4 Å². The molecule has 3 heterocycles. The van der Waals surface area contributed by atoms with Crippen LogP contribution in [0.5, 0.6) is 5.75 Å². The normalized spacial score (nSPS) is 13.2. The van der Waals surface area contributed by atoms with Gasteiger partial charge in [-0.05, 0) is 79.0 Å². The first-order valence-electron chi connectivity index (χ1n) is 15.2. The molecule has 2 aromatic carbocycles. The van der Waals surface area contributed by atoms with Crippen molar-refractivity contribution in [1.29, 1.82) is 0 Å². The second-order valence-electron chi connectivity index (χ2n) is 13.0. The zero-order chi connectivity index (χ0) is 30.8. The minimum Gasteiger partial charge on any atom is -0.494 e. The Kier molecular flexibility index (Phi) is 8.85. The summed E-state index contributed by atoms with van der Waals surface area (Å²) in [4.78, 5) is 15.9. The number of amides is 1. The van der Waals surface area contributed by atoms with Gasteiger partial charge in [0.15, 0.2) is 8.32 Å². The Morgan fingerprint density at radius 1 is 1.05 bits per heavy atom. The van der Waals surface area contributed by atoms with Gasteiger partial charge in [0.1, 0.15) is 17.7 Å². The zero-order valence-electron chi connectivity index (χ0n) is 26.3. The summed E-state index contributed by atoms with van der Waals surface area (Å²) in [6.07, 6.45) is 11.1. The number of rotatable bonds is 13. The van der Waals surface area contributed by atoms with E-state index in [0.717, 1.165) is 43.5 Å². The van der Waals surface area contributed by atoms with Crippen molar-refractivity contribution in [2.24, 2.45) is 12.8 Å². The molecular weight excluding hydrogens is 554 g/mol. The number of aryl methyl sites for hydroxylation is 3. The van der Waals surface area contributed by atoms with E-state index in [-0.39, 0.29) is 17.0 Å². The van der Waals surface area contributed by atoms with E-state index in [4.69, 9.17) is 14.9 Å². The molecular formula is C34H45N5O3Si. The molecule has 0 aliphatic carbocycles. The van der Waals surface area contributed by atoms with Crippen LogP contribution < -0.4 is 10.5 Å². The average molecular weight is 600 g/mol. The number of carbonyl (C=O) groups excluding carboxylic acids is 1. The number of para-hydroxylation sites is 1. The summed E-state index contributed by atoms with van der Waals surface area (Å²) in [6, 6.07) is 17.0. The Morgan fingerprint density at radius 2 is 1.84 bits per heavy atom. The smallest absolute Gasteiger partial charge is 0.268 e. The minimum absolute atomic E-state index is 0.0558. The number of aromatic nitrogens is 4. The molecule has 0 saturated heterocycles. The van der Waals surface area contributed by atoms with Crippen molar-refractivity contribution in [3.63, 3.8) is 0 Å². The zero-order valence-corrected chi connectivity index (χ0v) is 27.3. The number of hydrogen-bond acceptors (Lipinski definition) is 4. The van der Waals surface area contributed by atoms with Crippen LogP contribution in [0.25, 0.3) is 21.8 Å². The third-order valence-corrected chi connectivity index (χ3v) is 13.3. The molecule has 0 fully saturated rings. The van der Waals surface area contributed by atoms with Crippen molar-refractivity contribution >= 4 is 36.0 Å². The molecule has 0 saturated carbocycles. The summed E-state index contributed by atoms with van der Waals surface area (Å²) in [7, 11) is 0.0271. The van der Waals surface area contributed by atoms with Gasteiger partial charge in [-0.2, -0.15) is 0 Å². The molecule has 5 aromatic rings. The number of primary amides is 1. The van der Waals surface area contributed by atoms with E-state index in [9.17, 15) is 4.79 Å². The van der Waals surface area contributed by atoms with E-state index in [0.29, 0.717) is 6.61 Å². The lowest BCUT2D eigenvalue weighted by molar-refractivity contribution is 0.0984. The first kappa shape index (κ1) is 30.6. The lowest BCUT2D eigenvalue weighted by Gasteiger charge is -2.39. The molecule has 3 aromatic heterocycles. The maximum absolute atomic E-state index is 11.7. The average Bonchev–Trinajstić information content (AvgIpc) is 3.68. The van der Waals surface area contributed by atoms with Crippen LogP contribution in [0.2, 0.25) is 18.1 Å². The number of benzene rings is 2. The Labute approximate surface area is 255 Å². The third-order valence-electron chi connectivity index (χ3n) is 8.86. The largest absolute Gasteiger partial charge is 0.494 e. The van der Waals surface area contributed by atoms with Gasteiger partial charge in [0.05, 0.1) is 18.5 Å². The fraction of sp³-hybridized carbons (Fsp3) is 0.412. The lowest BCUT2D eigenvalue weighted by Crippen LogP contribution is -2.42. The SMILES string of the molecule is Cn1cc(CCCOc2ccc3ccn(CCCC(O[Si](C)(C)C(C)(C)C)n4cnc(C(N)=O)c4)c3c2)c2ccccc21. The van der Waals surface area contributed by atoms with Crippen LogP contribution in [0.1, 0.15) is 62.3 Å². The van der Waals surface area contributed by atoms with Gasteiger partial charge in [-0.1, -0.05) is 39.0 Å². The Morgan fingerprint density at radius 3 is 2.58 bits per heavy atom.